The van der Waals surface area contributed by atoms with E-state index in [4.69, 9.17) is 0 Å². The van der Waals surface area contributed by atoms with Crippen molar-refractivity contribution < 1.29 is 14.6 Å². The van der Waals surface area contributed by atoms with Crippen molar-refractivity contribution in [3.63, 3.8) is 0 Å². The van der Waals surface area contributed by atoms with E-state index in [1.54, 1.807) is 0 Å². The number of hydrogen-bond acceptors (Lipinski definition) is 3. The van der Waals surface area contributed by atoms with E-state index in [1.165, 1.54) is 5.56 Å². The number of urea groups is 1. The molecule has 142 valence electrons. The predicted molar refractivity (Wildman–Crippen MR) is 99.9 cm³/mol. The Kier molecular flexibility index (Phi) is 5.16. The number of piperidine rings is 1. The minimum Gasteiger partial charge on any atom is -0.334 e. The number of rotatable bonds is 4. The Hall–Kier alpha value is -1.63. The molecule has 4 aliphatic heterocycles. The van der Waals surface area contributed by atoms with Gasteiger partial charge in [0.2, 0.25) is 0 Å². The van der Waals surface area contributed by atoms with Crippen molar-refractivity contribution >= 4 is 6.03 Å². The van der Waals surface area contributed by atoms with Gasteiger partial charge < -0.3 is 15.1 Å². The number of hydrogen-bond donors (Lipinski definition) is 2. The van der Waals surface area contributed by atoms with Crippen molar-refractivity contribution in [1.29, 1.82) is 0 Å². The molecule has 1 aromatic carbocycles. The quantitative estimate of drug-likeness (QED) is 0.805. The maximum Gasteiger partial charge on any atom is 0.318 e. The van der Waals surface area contributed by atoms with Gasteiger partial charge in [0, 0.05) is 44.6 Å². The Morgan fingerprint density at radius 3 is 2.65 bits per heavy atom. The number of nitrogens with zero attached hydrogens (tertiary/aromatic N) is 3. The van der Waals surface area contributed by atoms with Crippen LogP contribution >= 0.6 is 0 Å². The molecule has 0 aliphatic carbocycles. The van der Waals surface area contributed by atoms with Gasteiger partial charge in [-0.2, -0.15) is 4.65 Å². The molecule has 4 aliphatic rings. The lowest BCUT2D eigenvalue weighted by Crippen LogP contribution is -2.51. The lowest BCUT2D eigenvalue weighted by molar-refractivity contribution is -1.10. The maximum atomic E-state index is 12.8. The van der Waals surface area contributed by atoms with Crippen LogP contribution in [0, 0.1) is 0 Å². The standard InChI is InChI=1S/C20H30N4O2/c25-20(23-12-15-24(26)13-8-19(23)9-14-24)21-18-7-11-22(16-18)10-6-17-4-2-1-3-5-17/h1-5,18-19,26H,6-16H2/p+1/t18-,19?,24?/m0/s1. The summed E-state index contributed by atoms with van der Waals surface area (Å²) in [7, 11) is 0. The van der Waals surface area contributed by atoms with Gasteiger partial charge in [0.15, 0.2) is 0 Å². The fourth-order valence-electron chi connectivity index (χ4n) is 4.66. The summed E-state index contributed by atoms with van der Waals surface area (Å²) in [5.74, 6) is 0. The van der Waals surface area contributed by atoms with Crippen molar-refractivity contribution in [2.75, 3.05) is 45.8 Å². The number of hydroxylamine groups is 3. The fraction of sp³-hybridized carbons (Fsp3) is 0.650. The van der Waals surface area contributed by atoms with Gasteiger partial charge in [-0.05, 0) is 18.4 Å². The monoisotopic (exact) mass is 359 g/mol. The van der Waals surface area contributed by atoms with E-state index in [0.29, 0.717) is 19.1 Å². The Balaban J connectivity index is 1.25. The van der Waals surface area contributed by atoms with Crippen LogP contribution in [0.5, 0.6) is 0 Å². The molecule has 0 radical (unpaired) electrons. The summed E-state index contributed by atoms with van der Waals surface area (Å²) in [6.45, 7) is 5.94. The van der Waals surface area contributed by atoms with E-state index in [9.17, 15) is 10.0 Å². The van der Waals surface area contributed by atoms with Crippen molar-refractivity contribution in [3.05, 3.63) is 35.9 Å². The van der Waals surface area contributed by atoms with Gasteiger partial charge in [0.1, 0.15) is 19.6 Å². The Labute approximate surface area is 155 Å². The molecule has 5 rings (SSSR count). The second-order valence-electron chi connectivity index (χ2n) is 8.16. The molecule has 0 spiro atoms. The number of fused-ring (bicyclic) bond motifs is 4. The fourth-order valence-corrected chi connectivity index (χ4v) is 4.66. The SMILES string of the molecule is O=C(N[C@H]1CCN(CCc2ccccc2)C1)N1CC[N+]2(O)CCC1CC2. The molecular formula is C20H31N4O2+. The minimum atomic E-state index is 0.0697. The predicted octanol–water partition coefficient (Wildman–Crippen LogP) is 1.70. The molecule has 4 fully saturated rings. The second-order valence-corrected chi connectivity index (χ2v) is 8.16. The average Bonchev–Trinajstić information content (AvgIpc) is 2.94. The van der Waals surface area contributed by atoms with Gasteiger partial charge >= 0.3 is 6.03 Å². The van der Waals surface area contributed by atoms with Crippen LogP contribution in [0.25, 0.3) is 0 Å². The summed E-state index contributed by atoms with van der Waals surface area (Å²) in [6, 6.07) is 11.2. The number of quaternary nitrogens is 1. The first-order chi connectivity index (χ1) is 12.6. The first-order valence-corrected chi connectivity index (χ1v) is 10.0. The van der Waals surface area contributed by atoms with Gasteiger partial charge in [-0.25, -0.2) is 10.0 Å². The van der Waals surface area contributed by atoms with Crippen molar-refractivity contribution in [3.8, 4) is 0 Å². The molecule has 1 aromatic rings. The van der Waals surface area contributed by atoms with E-state index in [1.807, 2.05) is 4.90 Å². The summed E-state index contributed by atoms with van der Waals surface area (Å²) in [6.07, 6.45) is 3.92. The Morgan fingerprint density at radius 2 is 1.88 bits per heavy atom. The first-order valence-electron chi connectivity index (χ1n) is 10.0. The summed E-state index contributed by atoms with van der Waals surface area (Å²) in [5, 5.41) is 13.7. The number of carbonyl (C=O) groups excluding carboxylic acids is 1. The van der Waals surface area contributed by atoms with Crippen LogP contribution in [-0.4, -0.2) is 83.6 Å². The zero-order valence-corrected chi connectivity index (χ0v) is 15.5. The highest BCUT2D eigenvalue weighted by atomic mass is 16.5. The molecule has 2 bridgehead atoms. The highest BCUT2D eigenvalue weighted by Crippen LogP contribution is 2.25. The lowest BCUT2D eigenvalue weighted by atomic mass is 10.1. The van der Waals surface area contributed by atoms with Crippen LogP contribution in [0.15, 0.2) is 30.3 Å². The highest BCUT2D eigenvalue weighted by molar-refractivity contribution is 5.75. The van der Waals surface area contributed by atoms with Crippen LogP contribution in [0.1, 0.15) is 24.8 Å². The smallest absolute Gasteiger partial charge is 0.318 e. The molecule has 26 heavy (non-hydrogen) atoms. The third kappa shape index (κ3) is 4.03. The summed E-state index contributed by atoms with van der Waals surface area (Å²) >= 11 is 0. The molecule has 0 aromatic heterocycles. The van der Waals surface area contributed by atoms with Crippen LogP contribution in [-0.2, 0) is 6.42 Å². The Morgan fingerprint density at radius 1 is 1.12 bits per heavy atom. The minimum absolute atomic E-state index is 0.0697. The highest BCUT2D eigenvalue weighted by Gasteiger charge is 2.42. The molecule has 4 heterocycles. The van der Waals surface area contributed by atoms with Crippen LogP contribution in [0.2, 0.25) is 0 Å². The Bertz CT molecular complexity index is 615. The molecule has 0 unspecified atom stereocenters. The zero-order chi connectivity index (χ0) is 18.0. The van der Waals surface area contributed by atoms with E-state index in [2.05, 4.69) is 40.5 Å². The number of likely N-dealkylation sites (tertiary alicyclic amines) is 1. The van der Waals surface area contributed by atoms with Crippen LogP contribution < -0.4 is 5.32 Å². The number of amides is 2. The summed E-state index contributed by atoms with van der Waals surface area (Å²) in [4.78, 5) is 17.2. The number of nitrogens with one attached hydrogen (secondary N) is 1. The van der Waals surface area contributed by atoms with Gasteiger partial charge in [0.25, 0.3) is 0 Å². The topological polar surface area (TPSA) is 55.8 Å². The van der Waals surface area contributed by atoms with Crippen molar-refractivity contribution in [2.24, 2.45) is 0 Å². The third-order valence-corrected chi connectivity index (χ3v) is 6.38. The second kappa shape index (κ2) is 7.55. The lowest BCUT2D eigenvalue weighted by Gasteiger charge is -2.33. The van der Waals surface area contributed by atoms with Crippen molar-refractivity contribution in [2.45, 2.75) is 37.8 Å². The maximum absolute atomic E-state index is 12.8. The van der Waals surface area contributed by atoms with Crippen molar-refractivity contribution in [1.82, 2.24) is 15.1 Å². The first kappa shape index (κ1) is 17.8. The molecule has 2 amide bonds. The van der Waals surface area contributed by atoms with E-state index in [-0.39, 0.29) is 16.7 Å². The van der Waals surface area contributed by atoms with E-state index in [0.717, 1.165) is 58.4 Å². The van der Waals surface area contributed by atoms with E-state index >= 15 is 0 Å². The summed E-state index contributed by atoms with van der Waals surface area (Å²) < 4.78 is 0.150. The molecule has 0 saturated carbocycles. The average molecular weight is 359 g/mol. The molecular weight excluding hydrogens is 328 g/mol. The number of carbonyl (C=O) groups is 1. The zero-order valence-electron chi connectivity index (χ0n) is 15.5. The molecule has 4 saturated heterocycles. The van der Waals surface area contributed by atoms with Gasteiger partial charge in [-0.1, -0.05) is 30.3 Å². The third-order valence-electron chi connectivity index (χ3n) is 6.38. The number of benzene rings is 1. The summed E-state index contributed by atoms with van der Waals surface area (Å²) in [5.41, 5.74) is 1.37. The molecule has 6 heteroatoms. The van der Waals surface area contributed by atoms with Gasteiger partial charge in [-0.3, -0.25) is 0 Å². The normalized spacial score (nSPS) is 31.8. The molecule has 2 N–H and O–H groups in total. The van der Waals surface area contributed by atoms with Crippen LogP contribution in [0.3, 0.4) is 0 Å². The molecule has 6 nitrogen and oxygen atoms in total. The van der Waals surface area contributed by atoms with Gasteiger partial charge in [0.05, 0.1) is 6.54 Å². The largest absolute Gasteiger partial charge is 0.334 e. The molecule has 1 atom stereocenters. The van der Waals surface area contributed by atoms with E-state index < -0.39 is 0 Å². The van der Waals surface area contributed by atoms with Crippen LogP contribution in [0.4, 0.5) is 4.79 Å². The van der Waals surface area contributed by atoms with Gasteiger partial charge in [-0.15, -0.1) is 0 Å².